The highest BCUT2D eigenvalue weighted by Crippen LogP contribution is 2.65. The molecule has 0 radical (unpaired) electrons. The van der Waals surface area contributed by atoms with E-state index in [1.807, 2.05) is 42.5 Å². The van der Waals surface area contributed by atoms with Crippen molar-refractivity contribution in [2.75, 3.05) is 13.7 Å². The number of aliphatic hydroxyl groups is 1. The first kappa shape index (κ1) is 26.3. The molecule has 3 aromatic carbocycles. The van der Waals surface area contributed by atoms with Gasteiger partial charge in [-0.2, -0.15) is 4.31 Å². The molecule has 1 saturated heterocycles. The Hall–Kier alpha value is -3.60. The van der Waals surface area contributed by atoms with Crippen LogP contribution in [0.15, 0.2) is 77.7 Å². The van der Waals surface area contributed by atoms with Gasteiger partial charge in [0.25, 0.3) is 0 Å². The number of hydrogen-bond acceptors (Lipinski definition) is 6. The third kappa shape index (κ3) is 3.73. The van der Waals surface area contributed by atoms with Gasteiger partial charge >= 0.3 is 6.03 Å². The van der Waals surface area contributed by atoms with Crippen LogP contribution in [0.25, 0.3) is 0 Å². The maximum atomic E-state index is 13.9. The predicted molar refractivity (Wildman–Crippen MR) is 151 cm³/mol. The fourth-order valence-electron chi connectivity index (χ4n) is 7.82. The van der Waals surface area contributed by atoms with Gasteiger partial charge in [0, 0.05) is 18.7 Å². The molecular weight excluding hydrogens is 542 g/mol. The van der Waals surface area contributed by atoms with E-state index in [0.29, 0.717) is 43.7 Å². The first-order chi connectivity index (χ1) is 19.8. The van der Waals surface area contributed by atoms with Crippen LogP contribution in [0.4, 0.5) is 4.79 Å². The van der Waals surface area contributed by atoms with Crippen molar-refractivity contribution in [2.45, 2.75) is 66.3 Å². The van der Waals surface area contributed by atoms with Crippen LogP contribution in [0.2, 0.25) is 0 Å². The SMILES string of the molecule is COc1ccc2c3c1O[C@H]1[C@H](NC(=O)NCc4ccccc4)CC[C@@]4(O)[C@@H](C2)N(S(=O)(=O)c2ccccc2)CC[C@]314. The maximum absolute atomic E-state index is 13.9. The summed E-state index contributed by atoms with van der Waals surface area (Å²) in [6.45, 7) is 0.611. The van der Waals surface area contributed by atoms with Crippen molar-refractivity contribution in [1.29, 1.82) is 0 Å². The summed E-state index contributed by atoms with van der Waals surface area (Å²) in [6, 6.07) is 20.5. The Bertz CT molecular complexity index is 1600. The zero-order valence-corrected chi connectivity index (χ0v) is 23.6. The lowest BCUT2D eigenvalue weighted by molar-refractivity contribution is -0.175. The van der Waals surface area contributed by atoms with Crippen molar-refractivity contribution in [3.05, 3.63) is 89.5 Å². The van der Waals surface area contributed by atoms with Crippen molar-refractivity contribution >= 4 is 16.1 Å². The van der Waals surface area contributed by atoms with Crippen molar-refractivity contribution in [3.63, 3.8) is 0 Å². The molecule has 2 bridgehead atoms. The van der Waals surface area contributed by atoms with E-state index in [2.05, 4.69) is 10.6 Å². The van der Waals surface area contributed by atoms with Crippen LogP contribution in [-0.4, -0.2) is 61.3 Å². The number of rotatable bonds is 6. The molecule has 2 aliphatic heterocycles. The summed E-state index contributed by atoms with van der Waals surface area (Å²) in [5.74, 6) is 1.16. The second-order valence-corrected chi connectivity index (χ2v) is 13.3. The Balaban J connectivity index is 1.26. The Morgan fingerprint density at radius 3 is 2.54 bits per heavy atom. The van der Waals surface area contributed by atoms with E-state index < -0.39 is 39.2 Å². The number of carbonyl (C=O) groups is 1. The van der Waals surface area contributed by atoms with Gasteiger partial charge in [-0.15, -0.1) is 0 Å². The molecular formula is C31H33N3O6S. The summed E-state index contributed by atoms with van der Waals surface area (Å²) in [5, 5.41) is 18.8. The van der Waals surface area contributed by atoms with Gasteiger partial charge in [-0.25, -0.2) is 13.2 Å². The van der Waals surface area contributed by atoms with E-state index in [1.54, 1.807) is 37.4 Å². The monoisotopic (exact) mass is 575 g/mol. The zero-order valence-electron chi connectivity index (χ0n) is 22.7. The number of ether oxygens (including phenoxy) is 2. The van der Waals surface area contributed by atoms with Crippen LogP contribution in [0.3, 0.4) is 0 Å². The van der Waals surface area contributed by atoms with Gasteiger partial charge in [0.2, 0.25) is 10.0 Å². The smallest absolute Gasteiger partial charge is 0.315 e. The summed E-state index contributed by atoms with van der Waals surface area (Å²) < 4.78 is 41.6. The minimum Gasteiger partial charge on any atom is -0.493 e. The number of urea groups is 1. The minimum atomic E-state index is -3.86. The number of benzene rings is 3. The van der Waals surface area contributed by atoms with Crippen molar-refractivity contribution in [1.82, 2.24) is 14.9 Å². The normalized spacial score (nSPS) is 29.7. The molecule has 1 saturated carbocycles. The zero-order chi connectivity index (χ0) is 28.4. The van der Waals surface area contributed by atoms with Crippen LogP contribution < -0.4 is 20.1 Å². The van der Waals surface area contributed by atoms with Gasteiger partial charge in [0.05, 0.1) is 35.1 Å². The van der Waals surface area contributed by atoms with E-state index in [9.17, 15) is 18.3 Å². The lowest BCUT2D eigenvalue weighted by Gasteiger charge is -2.63. The molecule has 7 rings (SSSR count). The molecule has 41 heavy (non-hydrogen) atoms. The molecule has 0 aromatic heterocycles. The molecule has 4 aliphatic rings. The van der Waals surface area contributed by atoms with Crippen molar-refractivity contribution < 1.29 is 27.8 Å². The van der Waals surface area contributed by atoms with E-state index in [4.69, 9.17) is 9.47 Å². The number of nitrogens with one attached hydrogen (secondary N) is 2. The fraction of sp³-hybridized carbons (Fsp3) is 0.387. The fourth-order valence-corrected chi connectivity index (χ4v) is 9.51. The summed E-state index contributed by atoms with van der Waals surface area (Å²) in [7, 11) is -2.27. The van der Waals surface area contributed by atoms with Crippen LogP contribution in [0, 0.1) is 0 Å². The molecule has 2 fully saturated rings. The average molecular weight is 576 g/mol. The molecule has 2 amide bonds. The molecule has 0 unspecified atom stereocenters. The summed E-state index contributed by atoms with van der Waals surface area (Å²) in [5.41, 5.74) is 0.545. The van der Waals surface area contributed by atoms with Crippen LogP contribution in [0.1, 0.15) is 36.0 Å². The van der Waals surface area contributed by atoms with Crippen molar-refractivity contribution in [3.8, 4) is 11.5 Å². The molecule has 1 spiro atoms. The number of hydrogen-bond donors (Lipinski definition) is 3. The molecule has 214 valence electrons. The second kappa shape index (κ2) is 9.47. The number of nitrogens with zero attached hydrogens (tertiary/aromatic N) is 1. The topological polar surface area (TPSA) is 117 Å². The highest BCUT2D eigenvalue weighted by molar-refractivity contribution is 7.89. The van der Waals surface area contributed by atoms with Crippen LogP contribution in [0.5, 0.6) is 11.5 Å². The Kier molecular flexibility index (Phi) is 6.08. The van der Waals surface area contributed by atoms with Crippen molar-refractivity contribution in [2.24, 2.45) is 0 Å². The van der Waals surface area contributed by atoms with E-state index >= 15 is 0 Å². The largest absolute Gasteiger partial charge is 0.493 e. The average Bonchev–Trinajstić information content (AvgIpc) is 3.34. The summed E-state index contributed by atoms with van der Waals surface area (Å²) in [4.78, 5) is 13.3. The highest BCUT2D eigenvalue weighted by Gasteiger charge is 2.74. The van der Waals surface area contributed by atoms with Crippen LogP contribution >= 0.6 is 0 Å². The number of piperidine rings is 1. The molecule has 2 heterocycles. The predicted octanol–water partition coefficient (Wildman–Crippen LogP) is 3.11. The Morgan fingerprint density at radius 1 is 1.07 bits per heavy atom. The number of carbonyl (C=O) groups excluding carboxylic acids is 1. The summed E-state index contributed by atoms with van der Waals surface area (Å²) >= 11 is 0. The molecule has 3 N–H and O–H groups in total. The molecule has 5 atom stereocenters. The molecule has 9 nitrogen and oxygen atoms in total. The number of sulfonamides is 1. The standard InChI is InChI=1S/C31H33N3O6S/c1-39-24-13-12-21-18-25-31(36)15-14-23(33-29(35)32-19-20-8-4-2-5-9-20)28-30(31,26(21)27(24)40-28)16-17-34(25)41(37,38)22-10-6-3-7-11-22/h2-13,23,25,28,36H,14-19H2,1H3,(H2,32,33,35)/t23-,25-,28+,30+,31-/m1/s1. The van der Waals surface area contributed by atoms with Gasteiger partial charge in [-0.05, 0) is 55.0 Å². The summed E-state index contributed by atoms with van der Waals surface area (Å²) in [6.07, 6.45) is 0.884. The lowest BCUT2D eigenvalue weighted by Crippen LogP contribution is -2.78. The van der Waals surface area contributed by atoms with Crippen LogP contribution in [-0.2, 0) is 28.4 Å². The molecule has 2 aliphatic carbocycles. The van der Waals surface area contributed by atoms with Gasteiger partial charge in [-0.1, -0.05) is 54.6 Å². The highest BCUT2D eigenvalue weighted by atomic mass is 32.2. The second-order valence-electron chi connectivity index (χ2n) is 11.4. The van der Waals surface area contributed by atoms with E-state index in [0.717, 1.165) is 16.7 Å². The number of methoxy groups -OCH3 is 1. The van der Waals surface area contributed by atoms with Gasteiger partial charge in [0.15, 0.2) is 11.5 Å². The van der Waals surface area contributed by atoms with Gasteiger partial charge in [-0.3, -0.25) is 0 Å². The maximum Gasteiger partial charge on any atom is 0.315 e. The van der Waals surface area contributed by atoms with Gasteiger partial charge in [0.1, 0.15) is 6.10 Å². The van der Waals surface area contributed by atoms with E-state index in [-0.39, 0.29) is 17.5 Å². The number of amides is 2. The lowest BCUT2D eigenvalue weighted by atomic mass is 9.49. The first-order valence-electron chi connectivity index (χ1n) is 14.0. The molecule has 3 aromatic rings. The third-order valence-corrected chi connectivity index (χ3v) is 11.5. The first-order valence-corrected chi connectivity index (χ1v) is 15.5. The minimum absolute atomic E-state index is 0.213. The third-order valence-electron chi connectivity index (χ3n) is 9.58. The quantitative estimate of drug-likeness (QED) is 0.416. The Morgan fingerprint density at radius 2 is 1.80 bits per heavy atom. The van der Waals surface area contributed by atoms with Gasteiger partial charge < -0.3 is 25.2 Å². The van der Waals surface area contributed by atoms with E-state index in [1.165, 1.54) is 4.31 Å². The molecule has 10 heteroatoms. The Labute approximate surface area is 239 Å².